The monoisotopic (exact) mass is 348 g/mol. The highest BCUT2D eigenvalue weighted by molar-refractivity contribution is 6.33. The van der Waals surface area contributed by atoms with E-state index in [-0.39, 0.29) is 5.69 Å². The Balaban J connectivity index is 2.11. The number of H-pyrrole nitrogens is 1. The Morgan fingerprint density at radius 1 is 1.17 bits per heavy atom. The number of hydrogen-bond donors (Lipinski definition) is 2. The summed E-state index contributed by atoms with van der Waals surface area (Å²) in [5.74, 6) is 0.392. The summed E-state index contributed by atoms with van der Waals surface area (Å²) in [6, 6.07) is 10.7. The zero-order chi connectivity index (χ0) is 16.6. The molecule has 0 aliphatic heterocycles. The maximum absolute atomic E-state index is 12.2. The molecule has 0 saturated carbocycles. The number of nitrogens with one attached hydrogen (secondary N) is 1. The Morgan fingerprint density at radius 3 is 2.61 bits per heavy atom. The predicted octanol–water partition coefficient (Wildman–Crippen LogP) is 3.30. The number of aryl methyl sites for hydroxylation is 1. The number of halogens is 2. The molecular formula is C16H14Cl2N4O. The molecule has 0 atom stereocenters. The summed E-state index contributed by atoms with van der Waals surface area (Å²) in [6.07, 6.45) is 0. The molecule has 118 valence electrons. The molecule has 23 heavy (non-hydrogen) atoms. The molecule has 3 aromatic rings. The Hall–Kier alpha value is -2.08. The smallest absolute Gasteiger partial charge is 0.326 e. The van der Waals surface area contributed by atoms with Crippen molar-refractivity contribution in [3.05, 3.63) is 68.1 Å². The lowest BCUT2D eigenvalue weighted by molar-refractivity contribution is 0.843. The maximum atomic E-state index is 12.2. The van der Waals surface area contributed by atoms with Gasteiger partial charge in [-0.15, -0.1) is 5.10 Å². The third-order valence-corrected chi connectivity index (χ3v) is 4.28. The molecule has 2 aromatic carbocycles. The number of nitrogens with zero attached hydrogens (tertiary/aromatic N) is 2. The Kier molecular flexibility index (Phi) is 4.26. The SMILES string of the molecule is Cc1cc(-n2nc(-c3cc(CN)ccc3Cl)[nH]c2=O)ccc1Cl. The first kappa shape index (κ1) is 15.8. The van der Waals surface area contributed by atoms with Crippen LogP contribution < -0.4 is 11.4 Å². The molecule has 0 amide bonds. The number of aromatic amines is 1. The largest absolute Gasteiger partial charge is 0.348 e. The van der Waals surface area contributed by atoms with Crippen LogP contribution in [0.3, 0.4) is 0 Å². The summed E-state index contributed by atoms with van der Waals surface area (Å²) in [7, 11) is 0. The Labute approximate surface area is 142 Å². The first-order valence-electron chi connectivity index (χ1n) is 6.94. The van der Waals surface area contributed by atoms with Crippen molar-refractivity contribution in [3.63, 3.8) is 0 Å². The molecule has 0 saturated heterocycles. The average molecular weight is 349 g/mol. The summed E-state index contributed by atoms with van der Waals surface area (Å²) in [6.45, 7) is 2.25. The molecule has 3 N–H and O–H groups in total. The average Bonchev–Trinajstić information content (AvgIpc) is 2.92. The van der Waals surface area contributed by atoms with Crippen LogP contribution in [0.25, 0.3) is 17.1 Å². The third-order valence-electron chi connectivity index (χ3n) is 3.53. The summed E-state index contributed by atoms with van der Waals surface area (Å²) >= 11 is 12.2. The van der Waals surface area contributed by atoms with E-state index < -0.39 is 0 Å². The van der Waals surface area contributed by atoms with Crippen LogP contribution in [0.15, 0.2) is 41.2 Å². The highest BCUT2D eigenvalue weighted by Crippen LogP contribution is 2.26. The van der Waals surface area contributed by atoms with Gasteiger partial charge in [-0.2, -0.15) is 4.68 Å². The Morgan fingerprint density at radius 2 is 1.91 bits per heavy atom. The van der Waals surface area contributed by atoms with Crippen molar-refractivity contribution in [1.29, 1.82) is 0 Å². The fraction of sp³-hybridized carbons (Fsp3) is 0.125. The molecule has 1 aromatic heterocycles. The van der Waals surface area contributed by atoms with Crippen LogP contribution in [0.1, 0.15) is 11.1 Å². The van der Waals surface area contributed by atoms with Gasteiger partial charge in [0, 0.05) is 17.1 Å². The van der Waals surface area contributed by atoms with Gasteiger partial charge in [0.05, 0.1) is 10.7 Å². The van der Waals surface area contributed by atoms with Crippen molar-refractivity contribution < 1.29 is 0 Å². The van der Waals surface area contributed by atoms with Crippen molar-refractivity contribution in [2.45, 2.75) is 13.5 Å². The first-order valence-corrected chi connectivity index (χ1v) is 7.70. The number of aromatic nitrogens is 3. The van der Waals surface area contributed by atoms with E-state index in [9.17, 15) is 4.79 Å². The lowest BCUT2D eigenvalue weighted by Gasteiger charge is -2.04. The summed E-state index contributed by atoms with van der Waals surface area (Å²) < 4.78 is 1.28. The van der Waals surface area contributed by atoms with E-state index in [1.165, 1.54) is 4.68 Å². The van der Waals surface area contributed by atoms with Gasteiger partial charge in [-0.05, 0) is 48.4 Å². The van der Waals surface area contributed by atoms with Gasteiger partial charge in [-0.3, -0.25) is 4.98 Å². The predicted molar refractivity (Wildman–Crippen MR) is 92.3 cm³/mol. The summed E-state index contributed by atoms with van der Waals surface area (Å²) in [5, 5.41) is 5.47. The van der Waals surface area contributed by atoms with E-state index in [2.05, 4.69) is 10.1 Å². The maximum Gasteiger partial charge on any atom is 0.348 e. The van der Waals surface area contributed by atoms with Crippen LogP contribution in [0.5, 0.6) is 0 Å². The van der Waals surface area contributed by atoms with Crippen LogP contribution >= 0.6 is 23.2 Å². The second-order valence-corrected chi connectivity index (χ2v) is 5.96. The van der Waals surface area contributed by atoms with E-state index in [1.807, 2.05) is 19.1 Å². The number of rotatable bonds is 3. The molecule has 3 rings (SSSR count). The van der Waals surface area contributed by atoms with Gasteiger partial charge >= 0.3 is 5.69 Å². The number of benzene rings is 2. The van der Waals surface area contributed by atoms with Crippen molar-refractivity contribution >= 4 is 23.2 Å². The van der Waals surface area contributed by atoms with E-state index in [1.54, 1.807) is 24.3 Å². The minimum atomic E-state index is -0.351. The lowest BCUT2D eigenvalue weighted by Crippen LogP contribution is -2.15. The van der Waals surface area contributed by atoms with Crippen molar-refractivity contribution in [1.82, 2.24) is 14.8 Å². The number of nitrogens with two attached hydrogens (primary N) is 1. The summed E-state index contributed by atoms with van der Waals surface area (Å²) in [5.41, 5.74) is 8.33. The number of hydrogen-bond acceptors (Lipinski definition) is 3. The van der Waals surface area contributed by atoms with E-state index in [4.69, 9.17) is 28.9 Å². The van der Waals surface area contributed by atoms with Crippen LogP contribution in [0.4, 0.5) is 0 Å². The molecule has 0 aliphatic carbocycles. The highest BCUT2D eigenvalue weighted by atomic mass is 35.5. The standard InChI is InChI=1S/C16H14Cl2N4O/c1-9-6-11(3-5-13(9)17)22-16(23)20-15(21-22)12-7-10(8-19)2-4-14(12)18/h2-7H,8,19H2,1H3,(H,20,21,23). The molecule has 0 bridgehead atoms. The second kappa shape index (κ2) is 6.20. The van der Waals surface area contributed by atoms with Crippen molar-refractivity contribution in [2.24, 2.45) is 5.73 Å². The van der Waals surface area contributed by atoms with Gasteiger partial charge in [0.15, 0.2) is 5.82 Å². The van der Waals surface area contributed by atoms with Gasteiger partial charge in [0.2, 0.25) is 0 Å². The zero-order valence-electron chi connectivity index (χ0n) is 12.3. The third kappa shape index (κ3) is 3.03. The Bertz CT molecular complexity index is 930. The van der Waals surface area contributed by atoms with Crippen LogP contribution in [-0.4, -0.2) is 14.8 Å². The fourth-order valence-corrected chi connectivity index (χ4v) is 2.59. The topological polar surface area (TPSA) is 76.7 Å². The fourth-order valence-electron chi connectivity index (χ4n) is 2.26. The molecule has 0 unspecified atom stereocenters. The van der Waals surface area contributed by atoms with Gasteiger partial charge in [0.1, 0.15) is 0 Å². The van der Waals surface area contributed by atoms with Gasteiger partial charge in [-0.1, -0.05) is 29.3 Å². The minimum absolute atomic E-state index is 0.351. The van der Waals surface area contributed by atoms with Crippen molar-refractivity contribution in [2.75, 3.05) is 0 Å². The zero-order valence-corrected chi connectivity index (χ0v) is 13.8. The molecule has 7 heteroatoms. The lowest BCUT2D eigenvalue weighted by atomic mass is 10.1. The molecule has 1 heterocycles. The van der Waals surface area contributed by atoms with Gasteiger partial charge in [-0.25, -0.2) is 4.79 Å². The van der Waals surface area contributed by atoms with Crippen LogP contribution in [0, 0.1) is 6.92 Å². The molecule has 0 spiro atoms. The molecule has 0 fully saturated rings. The van der Waals surface area contributed by atoms with Crippen molar-refractivity contribution in [3.8, 4) is 17.1 Å². The minimum Gasteiger partial charge on any atom is -0.326 e. The van der Waals surface area contributed by atoms with Gasteiger partial charge in [0.25, 0.3) is 0 Å². The normalized spacial score (nSPS) is 11.0. The van der Waals surface area contributed by atoms with E-state index in [0.29, 0.717) is 33.7 Å². The van der Waals surface area contributed by atoms with Gasteiger partial charge < -0.3 is 5.73 Å². The first-order chi connectivity index (χ1) is 11.0. The molecule has 0 aliphatic rings. The quantitative estimate of drug-likeness (QED) is 0.762. The van der Waals surface area contributed by atoms with E-state index in [0.717, 1.165) is 11.1 Å². The second-order valence-electron chi connectivity index (χ2n) is 5.14. The molecule has 0 radical (unpaired) electrons. The van der Waals surface area contributed by atoms with Crippen LogP contribution in [-0.2, 0) is 6.54 Å². The molecule has 5 nitrogen and oxygen atoms in total. The van der Waals surface area contributed by atoms with Crippen LogP contribution in [0.2, 0.25) is 10.0 Å². The molecular weight excluding hydrogens is 335 g/mol. The summed E-state index contributed by atoms with van der Waals surface area (Å²) in [4.78, 5) is 14.9. The highest BCUT2D eigenvalue weighted by Gasteiger charge is 2.13. The van der Waals surface area contributed by atoms with E-state index >= 15 is 0 Å².